The molecule has 0 amide bonds. The number of hydrogen-bond donors (Lipinski definition) is 2. The molecule has 0 aromatic heterocycles. The number of sulfonamides is 1. The lowest BCUT2D eigenvalue weighted by atomic mass is 9.92. The lowest BCUT2D eigenvalue weighted by Crippen LogP contribution is -2.41. The molecule has 0 radical (unpaired) electrons. The summed E-state index contributed by atoms with van der Waals surface area (Å²) in [5.41, 5.74) is 0. The van der Waals surface area contributed by atoms with Gasteiger partial charge in [-0.15, -0.1) is 0 Å². The van der Waals surface area contributed by atoms with Crippen molar-refractivity contribution in [3.8, 4) is 0 Å². The van der Waals surface area contributed by atoms with E-state index in [9.17, 15) is 12.8 Å². The van der Waals surface area contributed by atoms with Crippen molar-refractivity contribution >= 4 is 21.6 Å². The molecule has 0 heterocycles. The van der Waals surface area contributed by atoms with Gasteiger partial charge in [-0.1, -0.05) is 11.6 Å². The van der Waals surface area contributed by atoms with Crippen molar-refractivity contribution in [3.63, 3.8) is 0 Å². The van der Waals surface area contributed by atoms with Gasteiger partial charge in [0.05, 0.1) is 5.02 Å². The summed E-state index contributed by atoms with van der Waals surface area (Å²) in [7, 11) is -1.79. The molecule has 0 saturated heterocycles. The fourth-order valence-corrected chi connectivity index (χ4v) is 4.31. The largest absolute Gasteiger partial charge is 0.317 e. The Morgan fingerprint density at radius 1 is 1.20 bits per heavy atom. The van der Waals surface area contributed by atoms with Gasteiger partial charge in [0.25, 0.3) is 0 Å². The summed E-state index contributed by atoms with van der Waals surface area (Å²) < 4.78 is 40.1. The fourth-order valence-electron chi connectivity index (χ4n) is 2.48. The zero-order valence-electron chi connectivity index (χ0n) is 11.2. The number of hydrogen-bond acceptors (Lipinski definition) is 3. The van der Waals surface area contributed by atoms with Crippen molar-refractivity contribution in [2.24, 2.45) is 0 Å². The quantitative estimate of drug-likeness (QED) is 0.895. The molecule has 0 bridgehead atoms. The molecule has 20 heavy (non-hydrogen) atoms. The van der Waals surface area contributed by atoms with Gasteiger partial charge in [-0.05, 0) is 50.9 Å². The maximum Gasteiger partial charge on any atom is 0.242 e. The van der Waals surface area contributed by atoms with Crippen LogP contribution in [0.3, 0.4) is 0 Å². The van der Waals surface area contributed by atoms with Crippen LogP contribution >= 0.6 is 11.6 Å². The highest BCUT2D eigenvalue weighted by atomic mass is 35.5. The molecule has 7 heteroatoms. The van der Waals surface area contributed by atoms with E-state index in [0.29, 0.717) is 6.04 Å². The SMILES string of the molecule is CNC1CCC(NS(=O)(=O)c2ccc(F)cc2Cl)CC1. The fraction of sp³-hybridized carbons (Fsp3) is 0.538. The molecule has 112 valence electrons. The summed E-state index contributed by atoms with van der Waals surface area (Å²) in [6, 6.07) is 3.65. The van der Waals surface area contributed by atoms with Gasteiger partial charge in [0.2, 0.25) is 10.0 Å². The molecule has 1 fully saturated rings. The first-order valence-corrected chi connectivity index (χ1v) is 8.43. The van der Waals surface area contributed by atoms with E-state index in [0.717, 1.165) is 37.8 Å². The molecule has 1 aromatic rings. The van der Waals surface area contributed by atoms with E-state index < -0.39 is 15.8 Å². The summed E-state index contributed by atoms with van der Waals surface area (Å²) in [5.74, 6) is -0.552. The highest BCUT2D eigenvalue weighted by Crippen LogP contribution is 2.25. The average molecular weight is 321 g/mol. The van der Waals surface area contributed by atoms with E-state index in [2.05, 4.69) is 10.0 Å². The lowest BCUT2D eigenvalue weighted by molar-refractivity contribution is 0.343. The molecule has 0 aliphatic heterocycles. The standard InChI is InChI=1S/C13H18ClFN2O2S/c1-16-10-3-5-11(6-4-10)17-20(18,19)13-7-2-9(15)8-12(13)14/h2,7-8,10-11,16-17H,3-6H2,1H3. The topological polar surface area (TPSA) is 58.2 Å². The van der Waals surface area contributed by atoms with Crippen molar-refractivity contribution in [1.82, 2.24) is 10.0 Å². The minimum absolute atomic E-state index is 0.0729. The third kappa shape index (κ3) is 3.69. The van der Waals surface area contributed by atoms with Crippen molar-refractivity contribution in [1.29, 1.82) is 0 Å². The first-order valence-electron chi connectivity index (χ1n) is 6.57. The van der Waals surface area contributed by atoms with Crippen LogP contribution in [0.1, 0.15) is 25.7 Å². The monoisotopic (exact) mass is 320 g/mol. The first-order chi connectivity index (χ1) is 9.42. The zero-order valence-corrected chi connectivity index (χ0v) is 12.8. The molecule has 4 nitrogen and oxygen atoms in total. The van der Waals surface area contributed by atoms with E-state index in [1.165, 1.54) is 6.07 Å². The second kappa shape index (κ2) is 6.39. The van der Waals surface area contributed by atoms with Crippen LogP contribution in [0.5, 0.6) is 0 Å². The van der Waals surface area contributed by atoms with Crippen LogP contribution in [0.2, 0.25) is 5.02 Å². The average Bonchev–Trinajstić information content (AvgIpc) is 2.38. The van der Waals surface area contributed by atoms with Crippen LogP contribution in [0.15, 0.2) is 23.1 Å². The molecule has 1 saturated carbocycles. The Kier molecular flexibility index (Phi) is 5.01. The van der Waals surface area contributed by atoms with Gasteiger partial charge in [-0.2, -0.15) is 0 Å². The molecule has 2 N–H and O–H groups in total. The second-order valence-corrected chi connectivity index (χ2v) is 7.12. The Morgan fingerprint density at radius 2 is 1.80 bits per heavy atom. The Balaban J connectivity index is 2.08. The van der Waals surface area contributed by atoms with Crippen LogP contribution in [0, 0.1) is 5.82 Å². The Bertz CT molecular complexity index is 572. The smallest absolute Gasteiger partial charge is 0.242 e. The molecular formula is C13H18ClFN2O2S. The van der Waals surface area contributed by atoms with Crippen LogP contribution in [-0.4, -0.2) is 27.5 Å². The summed E-state index contributed by atoms with van der Waals surface area (Å²) >= 11 is 5.81. The second-order valence-electron chi connectivity index (χ2n) is 5.03. The Morgan fingerprint density at radius 3 is 2.35 bits per heavy atom. The van der Waals surface area contributed by atoms with Crippen molar-refractivity contribution < 1.29 is 12.8 Å². The Hall–Kier alpha value is -0.690. The minimum Gasteiger partial charge on any atom is -0.317 e. The third-order valence-electron chi connectivity index (χ3n) is 3.64. The van der Waals surface area contributed by atoms with E-state index in [4.69, 9.17) is 11.6 Å². The maximum atomic E-state index is 13.0. The van der Waals surface area contributed by atoms with E-state index in [1.54, 1.807) is 0 Å². The number of halogens is 2. The summed E-state index contributed by atoms with van der Waals surface area (Å²) in [5, 5.41) is 3.10. The molecule has 0 spiro atoms. The van der Waals surface area contributed by atoms with E-state index in [1.807, 2.05) is 7.05 Å². The van der Waals surface area contributed by atoms with Gasteiger partial charge >= 0.3 is 0 Å². The summed E-state index contributed by atoms with van der Waals surface area (Å²) in [6.45, 7) is 0. The zero-order chi connectivity index (χ0) is 14.8. The number of rotatable bonds is 4. The Labute approximate surface area is 123 Å². The van der Waals surface area contributed by atoms with Crippen molar-refractivity contribution in [3.05, 3.63) is 29.0 Å². The molecule has 1 aromatic carbocycles. The number of benzene rings is 1. The molecule has 0 unspecified atom stereocenters. The minimum atomic E-state index is -3.70. The van der Waals surface area contributed by atoms with E-state index in [-0.39, 0.29) is 16.0 Å². The normalized spacial score (nSPS) is 23.8. The molecule has 1 aliphatic rings. The van der Waals surface area contributed by atoms with Gasteiger partial charge < -0.3 is 5.32 Å². The predicted molar refractivity (Wildman–Crippen MR) is 76.8 cm³/mol. The first kappa shape index (κ1) is 15.7. The molecule has 2 rings (SSSR count). The van der Waals surface area contributed by atoms with Crippen molar-refractivity contribution in [2.75, 3.05) is 7.05 Å². The number of nitrogens with one attached hydrogen (secondary N) is 2. The summed E-state index contributed by atoms with van der Waals surface area (Å²) in [6.07, 6.45) is 3.43. The van der Waals surface area contributed by atoms with Crippen LogP contribution in [0.25, 0.3) is 0 Å². The summed E-state index contributed by atoms with van der Waals surface area (Å²) in [4.78, 5) is -0.0729. The predicted octanol–water partition coefficient (Wildman–Crippen LogP) is 2.29. The highest BCUT2D eigenvalue weighted by Gasteiger charge is 2.26. The van der Waals surface area contributed by atoms with Gasteiger partial charge in [-0.3, -0.25) is 0 Å². The van der Waals surface area contributed by atoms with Crippen LogP contribution in [-0.2, 0) is 10.0 Å². The van der Waals surface area contributed by atoms with E-state index >= 15 is 0 Å². The molecular weight excluding hydrogens is 303 g/mol. The van der Waals surface area contributed by atoms with Gasteiger partial charge in [0.15, 0.2) is 0 Å². The van der Waals surface area contributed by atoms with Crippen LogP contribution in [0.4, 0.5) is 4.39 Å². The highest BCUT2D eigenvalue weighted by molar-refractivity contribution is 7.89. The molecule has 0 atom stereocenters. The van der Waals surface area contributed by atoms with Gasteiger partial charge in [0, 0.05) is 12.1 Å². The van der Waals surface area contributed by atoms with Crippen molar-refractivity contribution in [2.45, 2.75) is 42.7 Å². The lowest BCUT2D eigenvalue weighted by Gasteiger charge is -2.28. The van der Waals surface area contributed by atoms with Crippen LogP contribution < -0.4 is 10.0 Å². The molecule has 1 aliphatic carbocycles. The van der Waals surface area contributed by atoms with Gasteiger partial charge in [-0.25, -0.2) is 17.5 Å². The maximum absolute atomic E-state index is 13.0. The van der Waals surface area contributed by atoms with Gasteiger partial charge in [0.1, 0.15) is 10.7 Å². The third-order valence-corrected chi connectivity index (χ3v) is 5.64.